The Balaban J connectivity index is 0.00000771. The minimum atomic E-state index is -1.54. The van der Waals surface area contributed by atoms with E-state index in [2.05, 4.69) is 25.0 Å². The molecule has 0 aromatic heterocycles. The van der Waals surface area contributed by atoms with Gasteiger partial charge >= 0.3 is 18.0 Å². The summed E-state index contributed by atoms with van der Waals surface area (Å²) in [7, 11) is -1.54. The van der Waals surface area contributed by atoms with Gasteiger partial charge in [0.2, 0.25) is 0 Å². The molecular formula is C52H57ClN2O8Si. The minimum absolute atomic E-state index is 0. The van der Waals surface area contributed by atoms with Crippen LogP contribution in [0.4, 0.5) is 4.79 Å². The van der Waals surface area contributed by atoms with Crippen LogP contribution >= 0.6 is 12.4 Å². The summed E-state index contributed by atoms with van der Waals surface area (Å²) in [5.74, 6) is 0.0162. The summed E-state index contributed by atoms with van der Waals surface area (Å²) < 4.78 is 29.7. The molecule has 0 fully saturated rings. The molecule has 0 spiro atoms. The third-order valence-electron chi connectivity index (χ3n) is 10.1. The molecule has 0 aliphatic rings. The van der Waals surface area contributed by atoms with Gasteiger partial charge in [0.25, 0.3) is 0 Å². The van der Waals surface area contributed by atoms with E-state index >= 15 is 0 Å². The number of amides is 1. The number of esters is 2. The molecule has 0 saturated carbocycles. The van der Waals surface area contributed by atoms with Crippen LogP contribution in [0.1, 0.15) is 33.4 Å². The van der Waals surface area contributed by atoms with Crippen LogP contribution < -0.4 is 20.5 Å². The van der Waals surface area contributed by atoms with Crippen molar-refractivity contribution in [2.75, 3.05) is 6.61 Å². The average Bonchev–Trinajstić information content (AvgIpc) is 3.29. The summed E-state index contributed by atoms with van der Waals surface area (Å²) in [6.07, 6.45) is -0.519. The summed E-state index contributed by atoms with van der Waals surface area (Å²) >= 11 is 0. The Morgan fingerprint density at radius 3 is 1.64 bits per heavy atom. The van der Waals surface area contributed by atoms with Gasteiger partial charge in [0.15, 0.2) is 0 Å². The SMILES string of the molecule is C[Si](C)(C)CCOC(=O)[C@H](Cc1cc(-c2cc(C[C@H](N)C(=O)OCc3ccccc3)cc(OCc3ccccc3)c2)ccc1OCc1ccccc1)NC(=O)OCc1ccccc1.Cl. The van der Waals surface area contributed by atoms with E-state index in [0.717, 1.165) is 45.0 Å². The van der Waals surface area contributed by atoms with E-state index < -0.39 is 38.2 Å². The summed E-state index contributed by atoms with van der Waals surface area (Å²) in [6.45, 7) is 7.60. The highest BCUT2D eigenvalue weighted by Crippen LogP contribution is 2.32. The summed E-state index contributed by atoms with van der Waals surface area (Å²) in [4.78, 5) is 40.3. The van der Waals surface area contributed by atoms with Crippen LogP contribution in [0.3, 0.4) is 0 Å². The van der Waals surface area contributed by atoms with Gasteiger partial charge in [0.05, 0.1) is 6.61 Å². The standard InChI is InChI=1S/C52H56N2O8Si.ClH/c1-63(2,3)27-26-58-51(56)48(54-52(57)62-37-41-22-14-7-15-23-41)33-45-31-43(24-25-49(45)60-35-39-18-10-5-11-19-39)44-28-42(29-46(32-44)59-34-38-16-8-4-9-17-38)30-47(53)50(55)61-36-40-20-12-6-13-21-40;/h4-25,28-29,31-32,47-48H,26-27,30,33-37,53H2,1-3H3,(H,54,57);1H/t47-,48-;/m0./s1. The average molecular weight is 902 g/mol. The fourth-order valence-corrected chi connectivity index (χ4v) is 7.33. The first-order valence-electron chi connectivity index (χ1n) is 21.2. The van der Waals surface area contributed by atoms with Crippen LogP contribution in [0.25, 0.3) is 11.1 Å². The quantitative estimate of drug-likeness (QED) is 0.0411. The number of alkyl carbamates (subject to hydrolysis) is 1. The maximum atomic E-state index is 13.9. The summed E-state index contributed by atoms with van der Waals surface area (Å²) in [6, 6.07) is 48.6. The smallest absolute Gasteiger partial charge is 0.408 e. The minimum Gasteiger partial charge on any atom is -0.489 e. The summed E-state index contributed by atoms with van der Waals surface area (Å²) in [5.41, 5.74) is 13.1. The molecule has 12 heteroatoms. The number of nitrogens with one attached hydrogen (secondary N) is 1. The molecule has 0 aliphatic carbocycles. The third kappa shape index (κ3) is 16.1. The van der Waals surface area contributed by atoms with Gasteiger partial charge in [-0.15, -0.1) is 12.4 Å². The molecule has 6 aromatic rings. The van der Waals surface area contributed by atoms with Crippen LogP contribution in [0, 0.1) is 0 Å². The maximum absolute atomic E-state index is 13.9. The number of rotatable bonds is 21. The van der Waals surface area contributed by atoms with Crippen molar-refractivity contribution in [2.45, 2.75) is 77.0 Å². The van der Waals surface area contributed by atoms with Gasteiger partial charge in [0.1, 0.15) is 50.0 Å². The van der Waals surface area contributed by atoms with Crippen molar-refractivity contribution >= 4 is 38.5 Å². The molecule has 2 atom stereocenters. The number of hydrogen-bond donors (Lipinski definition) is 2. The van der Waals surface area contributed by atoms with Gasteiger partial charge < -0.3 is 34.7 Å². The number of carbonyl (C=O) groups excluding carboxylic acids is 3. The van der Waals surface area contributed by atoms with Crippen molar-refractivity contribution in [3.05, 3.63) is 191 Å². The Morgan fingerprint density at radius 2 is 1.08 bits per heavy atom. The molecule has 0 radical (unpaired) electrons. The topological polar surface area (TPSA) is 135 Å². The van der Waals surface area contributed by atoms with Crippen molar-refractivity contribution in [1.29, 1.82) is 0 Å². The molecule has 64 heavy (non-hydrogen) atoms. The fraction of sp³-hybridized carbons (Fsp3) is 0.250. The van der Waals surface area contributed by atoms with Crippen molar-refractivity contribution in [3.8, 4) is 22.6 Å². The highest BCUT2D eigenvalue weighted by molar-refractivity contribution is 6.76. The second-order valence-corrected chi connectivity index (χ2v) is 22.2. The monoisotopic (exact) mass is 900 g/mol. The molecular weight excluding hydrogens is 844 g/mol. The molecule has 1 amide bonds. The zero-order valence-corrected chi connectivity index (χ0v) is 38.4. The molecule has 6 rings (SSSR count). The normalized spacial score (nSPS) is 11.9. The van der Waals surface area contributed by atoms with Gasteiger partial charge in [-0.1, -0.05) is 153 Å². The van der Waals surface area contributed by atoms with Crippen molar-refractivity contribution in [1.82, 2.24) is 5.32 Å². The number of hydrogen-bond acceptors (Lipinski definition) is 9. The maximum Gasteiger partial charge on any atom is 0.408 e. The van der Waals surface area contributed by atoms with Crippen LogP contribution in [0.5, 0.6) is 11.5 Å². The third-order valence-corrected chi connectivity index (χ3v) is 11.8. The van der Waals surface area contributed by atoms with Crippen LogP contribution in [-0.2, 0) is 63.1 Å². The van der Waals surface area contributed by atoms with E-state index in [-0.39, 0.29) is 51.7 Å². The van der Waals surface area contributed by atoms with E-state index in [4.69, 9.17) is 29.4 Å². The zero-order chi connectivity index (χ0) is 44.4. The number of nitrogens with two attached hydrogens (primary N) is 1. The largest absolute Gasteiger partial charge is 0.489 e. The molecule has 0 bridgehead atoms. The van der Waals surface area contributed by atoms with Crippen LogP contribution in [0.2, 0.25) is 25.7 Å². The second-order valence-electron chi connectivity index (χ2n) is 16.6. The Hall–Kier alpha value is -6.40. The molecule has 0 heterocycles. The molecule has 0 saturated heterocycles. The lowest BCUT2D eigenvalue weighted by atomic mass is 9.95. The van der Waals surface area contributed by atoms with Gasteiger partial charge in [0, 0.05) is 14.5 Å². The van der Waals surface area contributed by atoms with Gasteiger partial charge in [-0.25, -0.2) is 9.59 Å². The fourth-order valence-electron chi connectivity index (χ4n) is 6.62. The Labute approximate surface area is 383 Å². The van der Waals surface area contributed by atoms with E-state index in [1.807, 2.05) is 158 Å². The lowest BCUT2D eigenvalue weighted by Gasteiger charge is -2.22. The summed E-state index contributed by atoms with van der Waals surface area (Å²) in [5, 5.41) is 2.79. The van der Waals surface area contributed by atoms with Gasteiger partial charge in [-0.05, 0) is 81.2 Å². The first-order valence-corrected chi connectivity index (χ1v) is 24.9. The highest BCUT2D eigenvalue weighted by Gasteiger charge is 2.27. The lowest BCUT2D eigenvalue weighted by molar-refractivity contribution is -0.147. The van der Waals surface area contributed by atoms with Gasteiger partial charge in [-0.3, -0.25) is 4.79 Å². The van der Waals surface area contributed by atoms with Crippen LogP contribution in [0.15, 0.2) is 158 Å². The van der Waals surface area contributed by atoms with Crippen molar-refractivity contribution < 1.29 is 38.1 Å². The Bertz CT molecular complexity index is 2380. The molecule has 0 aliphatic heterocycles. The number of halogens is 1. The first-order chi connectivity index (χ1) is 30.5. The van der Waals surface area contributed by atoms with Crippen LogP contribution in [-0.4, -0.2) is 44.8 Å². The lowest BCUT2D eigenvalue weighted by Crippen LogP contribution is -2.44. The second kappa shape index (κ2) is 24.4. The highest BCUT2D eigenvalue weighted by atomic mass is 35.5. The van der Waals surface area contributed by atoms with E-state index in [9.17, 15) is 14.4 Å². The molecule has 334 valence electrons. The van der Waals surface area contributed by atoms with E-state index in [1.165, 1.54) is 0 Å². The van der Waals surface area contributed by atoms with E-state index in [1.54, 1.807) is 0 Å². The Morgan fingerprint density at radius 1 is 0.547 bits per heavy atom. The molecule has 0 unspecified atom stereocenters. The zero-order valence-electron chi connectivity index (χ0n) is 36.6. The first kappa shape index (κ1) is 48.6. The van der Waals surface area contributed by atoms with Gasteiger partial charge in [-0.2, -0.15) is 0 Å². The predicted molar refractivity (Wildman–Crippen MR) is 255 cm³/mol. The predicted octanol–water partition coefficient (Wildman–Crippen LogP) is 10.3. The molecule has 3 N–H and O–H groups in total. The Kier molecular flexibility index (Phi) is 18.6. The van der Waals surface area contributed by atoms with Crippen molar-refractivity contribution in [3.63, 3.8) is 0 Å². The molecule has 10 nitrogen and oxygen atoms in total. The number of ether oxygens (including phenoxy) is 5. The number of carbonyl (C=O) groups is 3. The van der Waals surface area contributed by atoms with E-state index in [0.29, 0.717) is 23.7 Å². The number of benzene rings is 6. The molecule has 6 aromatic carbocycles. The van der Waals surface area contributed by atoms with Crippen molar-refractivity contribution in [2.24, 2.45) is 5.73 Å².